The lowest BCUT2D eigenvalue weighted by Gasteiger charge is -2.19. The highest BCUT2D eigenvalue weighted by Gasteiger charge is 2.32. The van der Waals surface area contributed by atoms with Gasteiger partial charge in [-0.1, -0.05) is 51.0 Å². The molecule has 5 atom stereocenters. The van der Waals surface area contributed by atoms with Gasteiger partial charge in [-0.25, -0.2) is 0 Å². The molecule has 0 spiro atoms. The molecule has 0 radical (unpaired) electrons. The number of hydrogen-bond acceptors (Lipinski definition) is 3. The fraction of sp³-hybridized carbons (Fsp3) is 0.762. The standard InChI is InChI=1S/C21H36O4/c1-3-4-9-16(2)19(22)14-12-17-13-15-20(23)18(17)10-7-5-6-8-11-21(24)25/h5,7,12,14,16-20,22-23H,3-4,6,8-11,13,15H2,1-2H3,(H,24,25)/b7-5+,14-12-. The molecule has 1 fully saturated rings. The van der Waals surface area contributed by atoms with Crippen LogP contribution in [0.2, 0.25) is 0 Å². The second-order valence-electron chi connectivity index (χ2n) is 7.46. The van der Waals surface area contributed by atoms with E-state index in [2.05, 4.69) is 26.0 Å². The van der Waals surface area contributed by atoms with Gasteiger partial charge in [0.25, 0.3) is 0 Å². The van der Waals surface area contributed by atoms with Crippen LogP contribution in [0.15, 0.2) is 24.3 Å². The molecule has 5 unspecified atom stereocenters. The number of unbranched alkanes of at least 4 members (excludes halogenated alkanes) is 2. The van der Waals surface area contributed by atoms with Crippen molar-refractivity contribution in [2.75, 3.05) is 0 Å². The quantitative estimate of drug-likeness (QED) is 0.361. The summed E-state index contributed by atoms with van der Waals surface area (Å²) in [4.78, 5) is 10.5. The zero-order valence-corrected chi connectivity index (χ0v) is 15.8. The monoisotopic (exact) mass is 352 g/mol. The Morgan fingerprint density at radius 3 is 2.68 bits per heavy atom. The number of aliphatic hydroxyl groups is 2. The van der Waals surface area contributed by atoms with Crippen molar-refractivity contribution in [2.24, 2.45) is 17.8 Å². The zero-order chi connectivity index (χ0) is 18.7. The number of hydrogen-bond donors (Lipinski definition) is 3. The van der Waals surface area contributed by atoms with Gasteiger partial charge in [-0.05, 0) is 56.3 Å². The van der Waals surface area contributed by atoms with Gasteiger partial charge in [-0.15, -0.1) is 0 Å². The van der Waals surface area contributed by atoms with E-state index in [0.717, 1.165) is 44.9 Å². The van der Waals surface area contributed by atoms with E-state index < -0.39 is 12.1 Å². The van der Waals surface area contributed by atoms with Crippen molar-refractivity contribution >= 4 is 5.97 Å². The van der Waals surface area contributed by atoms with Crippen molar-refractivity contribution in [3.05, 3.63) is 24.3 Å². The summed E-state index contributed by atoms with van der Waals surface area (Å²) >= 11 is 0. The molecule has 0 aliphatic heterocycles. The van der Waals surface area contributed by atoms with E-state index in [1.165, 1.54) is 0 Å². The molecule has 0 amide bonds. The van der Waals surface area contributed by atoms with E-state index in [9.17, 15) is 15.0 Å². The molecule has 0 bridgehead atoms. The Balaban J connectivity index is 2.43. The van der Waals surface area contributed by atoms with Crippen LogP contribution in [0, 0.1) is 17.8 Å². The van der Waals surface area contributed by atoms with Crippen molar-refractivity contribution in [3.8, 4) is 0 Å². The number of allylic oxidation sites excluding steroid dienone is 3. The molecule has 4 heteroatoms. The molecular weight excluding hydrogens is 316 g/mol. The van der Waals surface area contributed by atoms with Gasteiger partial charge in [0.2, 0.25) is 0 Å². The molecule has 1 aliphatic rings. The van der Waals surface area contributed by atoms with Crippen molar-refractivity contribution in [1.82, 2.24) is 0 Å². The average molecular weight is 353 g/mol. The van der Waals surface area contributed by atoms with E-state index in [-0.39, 0.29) is 24.4 Å². The van der Waals surface area contributed by atoms with Gasteiger partial charge in [-0.3, -0.25) is 4.79 Å². The lowest BCUT2D eigenvalue weighted by molar-refractivity contribution is -0.137. The lowest BCUT2D eigenvalue weighted by atomic mass is 9.89. The highest BCUT2D eigenvalue weighted by Crippen LogP contribution is 2.36. The van der Waals surface area contributed by atoms with Crippen molar-refractivity contribution in [1.29, 1.82) is 0 Å². The smallest absolute Gasteiger partial charge is 0.303 e. The minimum Gasteiger partial charge on any atom is -0.481 e. The minimum atomic E-state index is -0.753. The van der Waals surface area contributed by atoms with Crippen LogP contribution in [0.4, 0.5) is 0 Å². The first-order valence-electron chi connectivity index (χ1n) is 9.86. The first-order valence-corrected chi connectivity index (χ1v) is 9.86. The molecule has 25 heavy (non-hydrogen) atoms. The molecular formula is C21H36O4. The van der Waals surface area contributed by atoms with Crippen LogP contribution < -0.4 is 0 Å². The Hall–Kier alpha value is -1.13. The molecule has 1 rings (SSSR count). The van der Waals surface area contributed by atoms with Crippen LogP contribution >= 0.6 is 0 Å². The van der Waals surface area contributed by atoms with E-state index in [1.54, 1.807) is 0 Å². The summed E-state index contributed by atoms with van der Waals surface area (Å²) in [5.41, 5.74) is 0. The number of carboxylic acids is 1. The number of carboxylic acid groups (broad SMARTS) is 1. The minimum absolute atomic E-state index is 0.199. The maximum absolute atomic E-state index is 10.5. The molecule has 0 aromatic heterocycles. The van der Waals surface area contributed by atoms with E-state index in [1.807, 2.05) is 12.2 Å². The van der Waals surface area contributed by atoms with Crippen LogP contribution in [0.25, 0.3) is 0 Å². The first-order chi connectivity index (χ1) is 12.0. The van der Waals surface area contributed by atoms with Gasteiger partial charge in [-0.2, -0.15) is 0 Å². The molecule has 0 saturated heterocycles. The van der Waals surface area contributed by atoms with E-state index >= 15 is 0 Å². The molecule has 1 saturated carbocycles. The van der Waals surface area contributed by atoms with Crippen molar-refractivity contribution < 1.29 is 20.1 Å². The fourth-order valence-corrected chi connectivity index (χ4v) is 3.53. The van der Waals surface area contributed by atoms with Gasteiger partial charge in [0.15, 0.2) is 0 Å². The number of aliphatic carboxylic acids is 1. The van der Waals surface area contributed by atoms with Crippen LogP contribution in [0.1, 0.15) is 71.6 Å². The Bertz CT molecular complexity index is 430. The molecule has 3 N–H and O–H groups in total. The predicted octanol–water partition coefficient (Wildman–Crippen LogP) is 4.32. The predicted molar refractivity (Wildman–Crippen MR) is 101 cm³/mol. The SMILES string of the molecule is CCCCC(C)C(O)/C=C\C1CCC(O)C1C/C=C/CCCC(=O)O. The molecule has 0 aromatic rings. The van der Waals surface area contributed by atoms with Crippen LogP contribution in [-0.2, 0) is 4.79 Å². The molecule has 0 aromatic carbocycles. The summed E-state index contributed by atoms with van der Waals surface area (Å²) in [6, 6.07) is 0. The second kappa shape index (κ2) is 12.3. The third kappa shape index (κ3) is 8.68. The summed E-state index contributed by atoms with van der Waals surface area (Å²) in [7, 11) is 0. The Kier molecular flexibility index (Phi) is 10.7. The van der Waals surface area contributed by atoms with Gasteiger partial charge >= 0.3 is 5.97 Å². The summed E-state index contributed by atoms with van der Waals surface area (Å²) in [5.74, 6) is 0.0310. The third-order valence-electron chi connectivity index (χ3n) is 5.33. The van der Waals surface area contributed by atoms with E-state index in [0.29, 0.717) is 12.3 Å². The Labute approximate surface area is 152 Å². The van der Waals surface area contributed by atoms with Crippen LogP contribution in [0.3, 0.4) is 0 Å². The number of aliphatic hydroxyl groups excluding tert-OH is 2. The molecule has 0 heterocycles. The topological polar surface area (TPSA) is 77.8 Å². The number of rotatable bonds is 12. The summed E-state index contributed by atoms with van der Waals surface area (Å²) in [6.45, 7) is 4.25. The normalized spacial score (nSPS) is 26.5. The highest BCUT2D eigenvalue weighted by atomic mass is 16.4. The number of carbonyl (C=O) groups is 1. The lowest BCUT2D eigenvalue weighted by Crippen LogP contribution is -2.19. The van der Waals surface area contributed by atoms with E-state index in [4.69, 9.17) is 5.11 Å². The van der Waals surface area contributed by atoms with Gasteiger partial charge in [0.05, 0.1) is 12.2 Å². The highest BCUT2D eigenvalue weighted by molar-refractivity contribution is 5.66. The first kappa shape index (κ1) is 21.9. The average Bonchev–Trinajstić information content (AvgIpc) is 2.93. The molecule has 1 aliphatic carbocycles. The molecule has 144 valence electrons. The third-order valence-corrected chi connectivity index (χ3v) is 5.33. The van der Waals surface area contributed by atoms with Crippen LogP contribution in [-0.4, -0.2) is 33.5 Å². The van der Waals surface area contributed by atoms with Crippen LogP contribution in [0.5, 0.6) is 0 Å². The summed E-state index contributed by atoms with van der Waals surface area (Å²) in [6.07, 6.45) is 15.0. The van der Waals surface area contributed by atoms with Crippen molar-refractivity contribution in [2.45, 2.75) is 83.8 Å². The Morgan fingerprint density at radius 2 is 2.00 bits per heavy atom. The van der Waals surface area contributed by atoms with Gasteiger partial charge < -0.3 is 15.3 Å². The largest absolute Gasteiger partial charge is 0.481 e. The Morgan fingerprint density at radius 1 is 1.24 bits per heavy atom. The summed E-state index contributed by atoms with van der Waals surface area (Å²) < 4.78 is 0. The maximum Gasteiger partial charge on any atom is 0.303 e. The zero-order valence-electron chi connectivity index (χ0n) is 15.8. The molecule has 4 nitrogen and oxygen atoms in total. The van der Waals surface area contributed by atoms with Crippen molar-refractivity contribution in [3.63, 3.8) is 0 Å². The summed E-state index contributed by atoms with van der Waals surface area (Å²) in [5, 5.41) is 29.1. The second-order valence-corrected chi connectivity index (χ2v) is 7.46. The maximum atomic E-state index is 10.5. The fourth-order valence-electron chi connectivity index (χ4n) is 3.53. The van der Waals surface area contributed by atoms with Gasteiger partial charge in [0, 0.05) is 6.42 Å². The van der Waals surface area contributed by atoms with Gasteiger partial charge in [0.1, 0.15) is 0 Å².